The Bertz CT molecular complexity index is 2120. The van der Waals surface area contributed by atoms with Gasteiger partial charge in [-0.25, -0.2) is 0 Å². The SMILES string of the molecule is OCCCCCCCCCCC1c2cc3c4cc2OCOc2cc5c(cc21)C(CCCCCCCCCCO)c1cc2c(cc1OCO5)OCOc1cc(c(cc1C2CCCCCCCCCCO)C3CCCCCCCCCCO)OCO4. The molecule has 1 aliphatic carbocycles. The molecule has 4 heterocycles. The van der Waals surface area contributed by atoms with Crippen LogP contribution in [0.15, 0.2) is 48.5 Å². The fourth-order valence-corrected chi connectivity index (χ4v) is 14.2. The van der Waals surface area contributed by atoms with E-state index < -0.39 is 0 Å². The maximum Gasteiger partial charge on any atom is 0.230 e. The quantitative estimate of drug-likeness (QED) is 0.0313. The zero-order valence-electron chi connectivity index (χ0n) is 51.1. The molecule has 0 unspecified atom stereocenters. The summed E-state index contributed by atoms with van der Waals surface area (Å²) in [6, 6.07) is 18.4. The van der Waals surface area contributed by atoms with Crippen LogP contribution in [-0.4, -0.2) is 74.0 Å². The molecule has 4 aliphatic heterocycles. The van der Waals surface area contributed by atoms with Crippen molar-refractivity contribution < 1.29 is 58.3 Å². The van der Waals surface area contributed by atoms with Gasteiger partial charge in [0.05, 0.1) is 0 Å². The third kappa shape index (κ3) is 17.6. The lowest BCUT2D eigenvalue weighted by atomic mass is 9.76. The van der Waals surface area contributed by atoms with Gasteiger partial charge in [0.1, 0.15) is 46.0 Å². The summed E-state index contributed by atoms with van der Waals surface area (Å²) in [7, 11) is 0. The molecular formula is C72H104O12. The predicted molar refractivity (Wildman–Crippen MR) is 332 cm³/mol. The highest BCUT2D eigenvalue weighted by atomic mass is 16.7. The zero-order chi connectivity index (χ0) is 58.0. The fourth-order valence-electron chi connectivity index (χ4n) is 14.2. The van der Waals surface area contributed by atoms with E-state index in [1.54, 1.807) is 0 Å². The van der Waals surface area contributed by atoms with Gasteiger partial charge in [0, 0.05) is 119 Å². The molecule has 4 aromatic carbocycles. The Morgan fingerprint density at radius 2 is 0.345 bits per heavy atom. The molecule has 9 rings (SSSR count). The van der Waals surface area contributed by atoms with E-state index >= 15 is 0 Å². The van der Waals surface area contributed by atoms with Gasteiger partial charge in [-0.2, -0.15) is 0 Å². The Morgan fingerprint density at radius 3 is 0.500 bits per heavy atom. The van der Waals surface area contributed by atoms with Crippen molar-refractivity contribution in [3.63, 3.8) is 0 Å². The second kappa shape index (κ2) is 35.1. The van der Waals surface area contributed by atoms with Crippen molar-refractivity contribution in [2.45, 2.75) is 255 Å². The standard InChI is InChI=1S/C72H104O12/c73-37-29-21-13-5-1-9-17-25-33-53-57-41-59-54(34-26-18-10-2-6-14-22-30-38-74)61-43-63-56(36-28-20-12-4-8-16-24-32-40-76)64-44-62-55(35-27-19-11-3-7-15-23-31-39-75)60-42-58(53)66-46-68(60)80-51-82-70(62)48-72(64)84-52-83-71(63)47-69(61)81-50-79-67(59)45-65(57)77-49-78-66/h41-48,53-56,73-76H,1-40,49-52H2. The summed E-state index contributed by atoms with van der Waals surface area (Å²) in [5.74, 6) is 6.15. The van der Waals surface area contributed by atoms with Gasteiger partial charge < -0.3 is 58.3 Å². The summed E-state index contributed by atoms with van der Waals surface area (Å²) in [6.07, 6.45) is 39.2. The molecule has 0 atom stereocenters. The van der Waals surface area contributed by atoms with Crippen molar-refractivity contribution in [3.05, 3.63) is 93.0 Å². The van der Waals surface area contributed by atoms with Gasteiger partial charge in [0.2, 0.25) is 27.2 Å². The molecule has 4 N–H and O–H groups in total. The summed E-state index contributed by atoms with van der Waals surface area (Å²) < 4.78 is 54.1. The summed E-state index contributed by atoms with van der Waals surface area (Å²) in [5, 5.41) is 37.5. The minimum absolute atomic E-state index is 0.0381. The Labute approximate surface area is 503 Å². The summed E-state index contributed by atoms with van der Waals surface area (Å²) >= 11 is 0. The van der Waals surface area contributed by atoms with Gasteiger partial charge in [-0.3, -0.25) is 0 Å². The number of rotatable bonds is 40. The van der Waals surface area contributed by atoms with Gasteiger partial charge in [-0.05, 0) is 75.6 Å². The summed E-state index contributed by atoms with van der Waals surface area (Å²) in [6.45, 7) is 1.24. The molecule has 5 aliphatic rings. The van der Waals surface area contributed by atoms with E-state index in [0.717, 1.165) is 174 Å². The van der Waals surface area contributed by atoms with Gasteiger partial charge in [0.25, 0.3) is 0 Å². The topological polar surface area (TPSA) is 155 Å². The first-order chi connectivity index (χ1) is 41.6. The maximum atomic E-state index is 9.38. The minimum Gasteiger partial charge on any atom is -0.457 e. The molecule has 4 aromatic rings. The van der Waals surface area contributed by atoms with Gasteiger partial charge >= 0.3 is 0 Å². The lowest BCUT2D eigenvalue weighted by Crippen LogP contribution is -2.22. The van der Waals surface area contributed by atoms with Crippen LogP contribution >= 0.6 is 0 Å². The number of unbranched alkanes of at least 4 members (excludes halogenated alkanes) is 28. The van der Waals surface area contributed by atoms with Gasteiger partial charge in [-0.15, -0.1) is 0 Å². The van der Waals surface area contributed by atoms with E-state index in [1.807, 2.05) is 0 Å². The normalized spacial score (nSPS) is 17.9. The van der Waals surface area contributed by atoms with Crippen molar-refractivity contribution in [2.24, 2.45) is 0 Å². The highest BCUT2D eigenvalue weighted by molar-refractivity contribution is 5.64. The van der Waals surface area contributed by atoms with E-state index in [4.69, 9.17) is 37.9 Å². The molecule has 0 amide bonds. The molecule has 8 bridgehead atoms. The van der Waals surface area contributed by atoms with Crippen LogP contribution < -0.4 is 37.9 Å². The Morgan fingerprint density at radius 1 is 0.202 bits per heavy atom. The van der Waals surface area contributed by atoms with Gasteiger partial charge in [-0.1, -0.05) is 180 Å². The van der Waals surface area contributed by atoms with Crippen molar-refractivity contribution in [3.8, 4) is 46.0 Å². The Balaban J connectivity index is 1.17. The molecule has 0 aromatic heterocycles. The van der Waals surface area contributed by atoms with Crippen LogP contribution in [0.2, 0.25) is 0 Å². The molecule has 84 heavy (non-hydrogen) atoms. The van der Waals surface area contributed by atoms with E-state index in [-0.39, 0.29) is 77.3 Å². The van der Waals surface area contributed by atoms with Crippen LogP contribution in [0, 0.1) is 0 Å². The molecule has 12 heteroatoms. The first-order valence-corrected chi connectivity index (χ1v) is 33.8. The number of hydrogen-bond donors (Lipinski definition) is 4. The number of hydrogen-bond acceptors (Lipinski definition) is 12. The highest BCUT2D eigenvalue weighted by Gasteiger charge is 2.37. The Kier molecular flexibility index (Phi) is 26.6. The minimum atomic E-state index is -0.0446. The number of benzene rings is 4. The average Bonchev–Trinajstić information content (AvgIpc) is 1.47. The van der Waals surface area contributed by atoms with Crippen LogP contribution in [0.25, 0.3) is 0 Å². The molecule has 0 saturated heterocycles. The van der Waals surface area contributed by atoms with Crippen molar-refractivity contribution >= 4 is 0 Å². The molecule has 0 radical (unpaired) electrons. The lowest BCUT2D eigenvalue weighted by Gasteiger charge is -2.35. The first-order valence-electron chi connectivity index (χ1n) is 33.8. The van der Waals surface area contributed by atoms with Crippen LogP contribution in [0.4, 0.5) is 0 Å². The van der Waals surface area contributed by atoms with Crippen LogP contribution in [0.3, 0.4) is 0 Å². The second-order valence-corrected chi connectivity index (χ2v) is 24.9. The molecule has 0 saturated carbocycles. The van der Waals surface area contributed by atoms with Crippen LogP contribution in [-0.2, 0) is 0 Å². The summed E-state index contributed by atoms with van der Waals surface area (Å²) in [4.78, 5) is 0. The Hall–Kier alpha value is -4.88. The van der Waals surface area contributed by atoms with E-state index in [1.165, 1.54) is 147 Å². The van der Waals surface area contributed by atoms with Gasteiger partial charge in [0.15, 0.2) is 0 Å². The van der Waals surface area contributed by atoms with E-state index in [2.05, 4.69) is 48.5 Å². The van der Waals surface area contributed by atoms with Crippen molar-refractivity contribution in [1.29, 1.82) is 0 Å². The summed E-state index contributed by atoms with van der Waals surface area (Å²) in [5.41, 5.74) is 9.37. The average molecular weight is 1160 g/mol. The molecule has 12 nitrogen and oxygen atoms in total. The number of aliphatic hydroxyl groups is 4. The third-order valence-corrected chi connectivity index (χ3v) is 18.9. The molecule has 464 valence electrons. The molecule has 0 spiro atoms. The fraction of sp³-hybridized carbons (Fsp3) is 0.667. The lowest BCUT2D eigenvalue weighted by molar-refractivity contribution is 0.0985. The number of ether oxygens (including phenoxy) is 8. The maximum absolute atomic E-state index is 9.38. The van der Waals surface area contributed by atoms with Crippen LogP contribution in [0.5, 0.6) is 46.0 Å². The van der Waals surface area contributed by atoms with Crippen LogP contribution in [0.1, 0.15) is 299 Å². The van der Waals surface area contributed by atoms with E-state index in [0.29, 0.717) is 0 Å². The predicted octanol–water partition coefficient (Wildman–Crippen LogP) is 17.5. The number of aliphatic hydroxyl groups excluding tert-OH is 4. The second-order valence-electron chi connectivity index (χ2n) is 24.9. The van der Waals surface area contributed by atoms with Crippen molar-refractivity contribution in [2.75, 3.05) is 53.6 Å². The third-order valence-electron chi connectivity index (χ3n) is 18.9. The van der Waals surface area contributed by atoms with E-state index in [9.17, 15) is 20.4 Å². The van der Waals surface area contributed by atoms with Crippen molar-refractivity contribution in [1.82, 2.24) is 0 Å². The molecular weight excluding hydrogens is 1060 g/mol. The largest absolute Gasteiger partial charge is 0.457 e. The first kappa shape index (κ1) is 63.6. The molecule has 0 fully saturated rings. The smallest absolute Gasteiger partial charge is 0.230 e. The zero-order valence-corrected chi connectivity index (χ0v) is 51.1. The monoisotopic (exact) mass is 1160 g/mol. The highest BCUT2D eigenvalue weighted by Crippen LogP contribution is 2.55.